The maximum absolute atomic E-state index is 13.4. The Morgan fingerprint density at radius 3 is 2.88 bits per heavy atom. The highest BCUT2D eigenvalue weighted by Crippen LogP contribution is 2.34. The summed E-state index contributed by atoms with van der Waals surface area (Å²) < 4.78 is 1.87. The fourth-order valence-electron chi connectivity index (χ4n) is 4.73. The normalized spacial score (nSPS) is 14.5. The highest BCUT2D eigenvalue weighted by molar-refractivity contribution is 7.99. The third-order valence-electron chi connectivity index (χ3n) is 6.62. The first-order chi connectivity index (χ1) is 16.0. The van der Waals surface area contributed by atoms with E-state index in [0.29, 0.717) is 11.7 Å². The average molecular weight is 481 g/mol. The number of para-hydroxylation sites is 1. The largest absolute Gasteiger partial charge is 0.361 e. The van der Waals surface area contributed by atoms with E-state index in [9.17, 15) is 9.59 Å². The van der Waals surface area contributed by atoms with Crippen molar-refractivity contribution in [1.29, 1.82) is 0 Å². The van der Waals surface area contributed by atoms with E-state index in [1.165, 1.54) is 22.7 Å². The van der Waals surface area contributed by atoms with Crippen molar-refractivity contribution >= 4 is 50.1 Å². The van der Waals surface area contributed by atoms with Gasteiger partial charge in [0.25, 0.3) is 5.56 Å². The summed E-state index contributed by atoms with van der Waals surface area (Å²) in [6.45, 7) is 4.62. The fourth-order valence-corrected chi connectivity index (χ4v) is 6.70. The minimum Gasteiger partial charge on any atom is -0.361 e. The number of thiophene rings is 1. The summed E-state index contributed by atoms with van der Waals surface area (Å²) in [5.41, 5.74) is 3.39. The van der Waals surface area contributed by atoms with Gasteiger partial charge in [0.15, 0.2) is 5.16 Å². The summed E-state index contributed by atoms with van der Waals surface area (Å²) >= 11 is 2.94. The second-order valence-corrected chi connectivity index (χ2v) is 10.9. The summed E-state index contributed by atoms with van der Waals surface area (Å²) in [5.74, 6) is 0.215. The van der Waals surface area contributed by atoms with Gasteiger partial charge in [0.1, 0.15) is 4.83 Å². The minimum atomic E-state index is -0.0364. The maximum Gasteiger partial charge on any atom is 0.263 e. The summed E-state index contributed by atoms with van der Waals surface area (Å²) in [6, 6.07) is 8.37. The summed E-state index contributed by atoms with van der Waals surface area (Å²) in [4.78, 5) is 36.1. The molecule has 33 heavy (non-hydrogen) atoms. The molecule has 6 nitrogen and oxygen atoms in total. The fraction of sp³-hybridized carbons (Fsp3) is 0.400. The highest BCUT2D eigenvalue weighted by Gasteiger charge is 2.25. The Morgan fingerprint density at radius 2 is 2.06 bits per heavy atom. The molecule has 0 radical (unpaired) electrons. The summed E-state index contributed by atoms with van der Waals surface area (Å²) in [6.07, 6.45) is 7.05. The van der Waals surface area contributed by atoms with Crippen LogP contribution in [0.25, 0.3) is 21.1 Å². The van der Waals surface area contributed by atoms with Crippen LogP contribution in [0.1, 0.15) is 47.7 Å². The van der Waals surface area contributed by atoms with Crippen LogP contribution in [0.3, 0.4) is 0 Å². The van der Waals surface area contributed by atoms with E-state index in [-0.39, 0.29) is 23.3 Å². The summed E-state index contributed by atoms with van der Waals surface area (Å²) in [5, 5.41) is 5.64. The van der Waals surface area contributed by atoms with Crippen LogP contribution < -0.4 is 10.9 Å². The number of hydrogen-bond acceptors (Lipinski definition) is 5. The molecule has 1 aromatic carbocycles. The van der Waals surface area contributed by atoms with Gasteiger partial charge in [0.2, 0.25) is 5.91 Å². The van der Waals surface area contributed by atoms with E-state index in [0.717, 1.165) is 58.3 Å². The number of amides is 1. The number of carbonyl (C=O) groups excluding carboxylic acids is 1. The van der Waals surface area contributed by atoms with Gasteiger partial charge in [-0.2, -0.15) is 0 Å². The molecule has 4 aromatic rings. The SMILES string of the molecule is Cc1sc2nc(SCC(=O)NCCc3c[nH]c4ccccc34)n(C3CCCC3)c(=O)c2c1C. The van der Waals surface area contributed by atoms with E-state index < -0.39 is 0 Å². The lowest BCUT2D eigenvalue weighted by Gasteiger charge is -2.18. The average Bonchev–Trinajstić information content (AvgIpc) is 3.53. The number of thioether (sulfide) groups is 1. The number of aromatic nitrogens is 3. The van der Waals surface area contributed by atoms with Crippen molar-refractivity contribution < 1.29 is 4.79 Å². The lowest BCUT2D eigenvalue weighted by molar-refractivity contribution is -0.118. The topological polar surface area (TPSA) is 79.8 Å². The predicted octanol–water partition coefficient (Wildman–Crippen LogP) is 5.12. The van der Waals surface area contributed by atoms with Crippen molar-refractivity contribution in [3.05, 3.63) is 56.8 Å². The number of nitrogens with one attached hydrogen (secondary N) is 2. The van der Waals surface area contributed by atoms with Crippen molar-refractivity contribution in [3.8, 4) is 0 Å². The van der Waals surface area contributed by atoms with Crippen LogP contribution in [0.4, 0.5) is 0 Å². The molecule has 2 N–H and O–H groups in total. The Kier molecular flexibility index (Phi) is 6.29. The quantitative estimate of drug-likeness (QED) is 0.284. The lowest BCUT2D eigenvalue weighted by Crippen LogP contribution is -2.29. The molecule has 0 unspecified atom stereocenters. The van der Waals surface area contributed by atoms with Crippen LogP contribution in [0.15, 0.2) is 40.4 Å². The molecule has 1 aliphatic rings. The molecule has 172 valence electrons. The molecule has 1 fully saturated rings. The van der Waals surface area contributed by atoms with Gasteiger partial charge in [0, 0.05) is 34.6 Å². The minimum absolute atomic E-state index is 0.0364. The zero-order chi connectivity index (χ0) is 22.9. The second-order valence-electron chi connectivity index (χ2n) is 8.72. The third-order valence-corrected chi connectivity index (χ3v) is 8.67. The van der Waals surface area contributed by atoms with Crippen molar-refractivity contribution in [2.75, 3.05) is 12.3 Å². The van der Waals surface area contributed by atoms with Gasteiger partial charge in [-0.25, -0.2) is 4.98 Å². The van der Waals surface area contributed by atoms with E-state index in [1.54, 1.807) is 11.3 Å². The smallest absolute Gasteiger partial charge is 0.263 e. The Hall–Kier alpha value is -2.58. The molecule has 1 aliphatic carbocycles. The first kappa shape index (κ1) is 22.2. The molecular formula is C25H28N4O2S2. The van der Waals surface area contributed by atoms with Crippen molar-refractivity contribution in [2.45, 2.75) is 57.1 Å². The predicted molar refractivity (Wildman–Crippen MR) is 137 cm³/mol. The highest BCUT2D eigenvalue weighted by atomic mass is 32.2. The van der Waals surface area contributed by atoms with E-state index in [4.69, 9.17) is 4.98 Å². The van der Waals surface area contributed by atoms with E-state index >= 15 is 0 Å². The monoisotopic (exact) mass is 480 g/mol. The number of benzene rings is 1. The number of nitrogens with zero attached hydrogens (tertiary/aromatic N) is 2. The molecule has 3 aromatic heterocycles. The number of rotatable bonds is 7. The van der Waals surface area contributed by atoms with Gasteiger partial charge < -0.3 is 10.3 Å². The van der Waals surface area contributed by atoms with Gasteiger partial charge in [-0.3, -0.25) is 14.2 Å². The van der Waals surface area contributed by atoms with Crippen LogP contribution in [0.2, 0.25) is 0 Å². The number of carbonyl (C=O) groups is 1. The molecule has 0 aliphatic heterocycles. The zero-order valence-corrected chi connectivity index (χ0v) is 20.6. The van der Waals surface area contributed by atoms with Crippen LogP contribution in [0, 0.1) is 13.8 Å². The van der Waals surface area contributed by atoms with E-state index in [2.05, 4.69) is 22.4 Å². The maximum atomic E-state index is 13.4. The lowest BCUT2D eigenvalue weighted by atomic mass is 10.1. The number of hydrogen-bond donors (Lipinski definition) is 2. The number of aromatic amines is 1. The third kappa shape index (κ3) is 4.34. The van der Waals surface area contributed by atoms with Gasteiger partial charge in [0.05, 0.1) is 11.1 Å². The number of fused-ring (bicyclic) bond motifs is 2. The Bertz CT molecular complexity index is 1380. The first-order valence-electron chi connectivity index (χ1n) is 11.5. The summed E-state index contributed by atoms with van der Waals surface area (Å²) in [7, 11) is 0. The molecule has 0 atom stereocenters. The molecule has 5 rings (SSSR count). The van der Waals surface area contributed by atoms with Crippen LogP contribution in [0.5, 0.6) is 0 Å². The first-order valence-corrected chi connectivity index (χ1v) is 13.3. The van der Waals surface area contributed by atoms with Crippen LogP contribution in [-0.2, 0) is 11.2 Å². The Morgan fingerprint density at radius 1 is 1.27 bits per heavy atom. The molecule has 0 bridgehead atoms. The Labute approximate surface area is 200 Å². The van der Waals surface area contributed by atoms with Crippen molar-refractivity contribution in [2.24, 2.45) is 0 Å². The Balaban J connectivity index is 1.29. The van der Waals surface area contributed by atoms with Gasteiger partial charge >= 0.3 is 0 Å². The molecular weight excluding hydrogens is 452 g/mol. The molecule has 1 amide bonds. The van der Waals surface area contributed by atoms with Crippen LogP contribution >= 0.6 is 23.1 Å². The van der Waals surface area contributed by atoms with Crippen molar-refractivity contribution in [1.82, 2.24) is 19.9 Å². The van der Waals surface area contributed by atoms with Gasteiger partial charge in [-0.1, -0.05) is 42.8 Å². The zero-order valence-electron chi connectivity index (χ0n) is 18.9. The standard InChI is InChI=1S/C25H28N4O2S2/c1-15-16(2)33-23-22(15)24(31)29(18-7-3-4-8-18)25(28-23)32-14-21(30)26-12-11-17-13-27-20-10-6-5-9-19(17)20/h5-6,9-10,13,18,27H,3-4,7-8,11-12,14H2,1-2H3,(H,26,30). The molecule has 0 saturated heterocycles. The molecule has 1 saturated carbocycles. The van der Waals surface area contributed by atoms with Crippen LogP contribution in [-0.4, -0.2) is 32.7 Å². The van der Waals surface area contributed by atoms with E-state index in [1.807, 2.05) is 36.7 Å². The number of aryl methyl sites for hydroxylation is 2. The van der Waals surface area contributed by atoms with Gasteiger partial charge in [-0.05, 0) is 50.3 Å². The molecule has 0 spiro atoms. The second kappa shape index (κ2) is 9.35. The van der Waals surface area contributed by atoms with Gasteiger partial charge in [-0.15, -0.1) is 11.3 Å². The number of H-pyrrole nitrogens is 1. The molecule has 3 heterocycles. The van der Waals surface area contributed by atoms with Crippen molar-refractivity contribution in [3.63, 3.8) is 0 Å². The molecule has 8 heteroatoms.